The first kappa shape index (κ1) is 11.6. The molecule has 1 N–H and O–H groups in total. The first-order chi connectivity index (χ1) is 10.3. The Morgan fingerprint density at radius 3 is 2.86 bits per heavy atom. The second-order valence-corrected chi connectivity index (χ2v) is 6.84. The standard InChI is InChI=1S/C15H13N5S/c1-4-17-13(18-5-1)20-14-19-11-10-8-16-7-9(10)6-15(2-3-15)12(11)21-14/h1,4-5,8H,2-3,6-7H2,(H,17,18,19,20). The monoisotopic (exact) mass is 295 g/mol. The fourth-order valence-corrected chi connectivity index (χ4v) is 4.44. The van der Waals surface area contributed by atoms with E-state index in [-0.39, 0.29) is 0 Å². The zero-order valence-electron chi connectivity index (χ0n) is 11.3. The Labute approximate surface area is 125 Å². The van der Waals surface area contributed by atoms with Crippen molar-refractivity contribution in [3.63, 3.8) is 0 Å². The summed E-state index contributed by atoms with van der Waals surface area (Å²) in [7, 11) is 0. The fourth-order valence-electron chi connectivity index (χ4n) is 3.22. The third-order valence-electron chi connectivity index (χ3n) is 4.44. The van der Waals surface area contributed by atoms with Gasteiger partial charge >= 0.3 is 0 Å². The van der Waals surface area contributed by atoms with Crippen LogP contribution in [0.4, 0.5) is 11.1 Å². The minimum Gasteiger partial charge on any atom is -0.300 e. The van der Waals surface area contributed by atoms with Crippen LogP contribution in [0.15, 0.2) is 29.0 Å². The van der Waals surface area contributed by atoms with E-state index in [1.807, 2.05) is 12.3 Å². The summed E-state index contributed by atoms with van der Waals surface area (Å²) in [4.78, 5) is 19.1. The van der Waals surface area contributed by atoms with E-state index in [2.05, 4.69) is 20.3 Å². The van der Waals surface area contributed by atoms with Crippen molar-refractivity contribution in [3.05, 3.63) is 34.6 Å². The Kier molecular flexibility index (Phi) is 2.19. The zero-order chi connectivity index (χ0) is 13.9. The van der Waals surface area contributed by atoms with Gasteiger partial charge in [-0.3, -0.25) is 4.99 Å². The SMILES string of the molecule is C1=NCC2=C1c1nc(Nc3ncccn3)sc1C1(CC1)C2. The quantitative estimate of drug-likeness (QED) is 0.925. The first-order valence-corrected chi connectivity index (χ1v) is 7.93. The Hall–Kier alpha value is -2.08. The molecule has 0 radical (unpaired) electrons. The third-order valence-corrected chi connectivity index (χ3v) is 5.65. The van der Waals surface area contributed by atoms with Crippen molar-refractivity contribution >= 4 is 34.2 Å². The third kappa shape index (κ3) is 1.68. The predicted octanol–water partition coefficient (Wildman–Crippen LogP) is 2.95. The number of aliphatic imine (C=N–C) groups is 1. The van der Waals surface area contributed by atoms with Crippen LogP contribution in [0.3, 0.4) is 0 Å². The van der Waals surface area contributed by atoms with Gasteiger partial charge in [0.05, 0.1) is 12.2 Å². The molecule has 5 nitrogen and oxygen atoms in total. The first-order valence-electron chi connectivity index (χ1n) is 7.12. The maximum atomic E-state index is 4.80. The van der Waals surface area contributed by atoms with Crippen LogP contribution >= 0.6 is 11.3 Å². The van der Waals surface area contributed by atoms with Gasteiger partial charge in [0, 0.05) is 34.5 Å². The van der Waals surface area contributed by atoms with Gasteiger partial charge in [-0.05, 0) is 30.9 Å². The molecule has 1 fully saturated rings. The van der Waals surface area contributed by atoms with Gasteiger partial charge in [0.2, 0.25) is 5.95 Å². The molecule has 3 heterocycles. The lowest BCUT2D eigenvalue weighted by molar-refractivity contribution is 0.678. The number of hydrogen-bond donors (Lipinski definition) is 1. The number of anilines is 2. The van der Waals surface area contributed by atoms with Crippen LogP contribution in [0.5, 0.6) is 0 Å². The number of fused-ring (bicyclic) bond motifs is 3. The van der Waals surface area contributed by atoms with Gasteiger partial charge in [-0.1, -0.05) is 0 Å². The van der Waals surface area contributed by atoms with Crippen molar-refractivity contribution in [1.82, 2.24) is 15.0 Å². The molecule has 0 amide bonds. The molecule has 104 valence electrons. The molecule has 1 aliphatic heterocycles. The molecule has 2 aliphatic carbocycles. The van der Waals surface area contributed by atoms with Crippen molar-refractivity contribution < 1.29 is 0 Å². The van der Waals surface area contributed by atoms with E-state index in [0.29, 0.717) is 11.4 Å². The van der Waals surface area contributed by atoms with Crippen molar-refractivity contribution in [2.75, 3.05) is 11.9 Å². The number of thiazole rings is 1. The predicted molar refractivity (Wildman–Crippen MR) is 83.2 cm³/mol. The molecule has 5 rings (SSSR count). The number of nitrogens with zero attached hydrogens (tertiary/aromatic N) is 4. The van der Waals surface area contributed by atoms with Crippen molar-refractivity contribution in [2.45, 2.75) is 24.7 Å². The molecule has 6 heteroatoms. The zero-order valence-corrected chi connectivity index (χ0v) is 12.2. The summed E-state index contributed by atoms with van der Waals surface area (Å²) < 4.78 is 0. The lowest BCUT2D eigenvalue weighted by Crippen LogP contribution is -2.14. The van der Waals surface area contributed by atoms with E-state index in [9.17, 15) is 0 Å². The van der Waals surface area contributed by atoms with Crippen LogP contribution < -0.4 is 5.32 Å². The highest BCUT2D eigenvalue weighted by Gasteiger charge is 2.51. The van der Waals surface area contributed by atoms with Gasteiger partial charge in [0.1, 0.15) is 0 Å². The number of aromatic nitrogens is 3. The molecular weight excluding hydrogens is 282 g/mol. The molecule has 0 saturated heterocycles. The summed E-state index contributed by atoms with van der Waals surface area (Å²) in [5, 5.41) is 4.11. The molecule has 0 atom stereocenters. The highest BCUT2D eigenvalue weighted by molar-refractivity contribution is 7.16. The highest BCUT2D eigenvalue weighted by atomic mass is 32.1. The summed E-state index contributed by atoms with van der Waals surface area (Å²) >= 11 is 1.75. The number of rotatable bonds is 2. The van der Waals surface area contributed by atoms with Crippen LogP contribution in [0.1, 0.15) is 29.8 Å². The number of allylic oxidation sites excluding steroid dienone is 1. The maximum Gasteiger partial charge on any atom is 0.228 e. The molecule has 1 saturated carbocycles. The summed E-state index contributed by atoms with van der Waals surface area (Å²) in [6.45, 7) is 0.860. The van der Waals surface area contributed by atoms with Crippen LogP contribution in [0.2, 0.25) is 0 Å². The Morgan fingerprint density at radius 1 is 1.19 bits per heavy atom. The van der Waals surface area contributed by atoms with Gasteiger partial charge < -0.3 is 5.32 Å². The van der Waals surface area contributed by atoms with Gasteiger partial charge in [0.25, 0.3) is 0 Å². The summed E-state index contributed by atoms with van der Waals surface area (Å²) in [5.74, 6) is 0.600. The average Bonchev–Trinajstić information content (AvgIpc) is 2.92. The van der Waals surface area contributed by atoms with Crippen molar-refractivity contribution in [1.29, 1.82) is 0 Å². The highest BCUT2D eigenvalue weighted by Crippen LogP contribution is 2.60. The van der Waals surface area contributed by atoms with Gasteiger partial charge in [-0.25, -0.2) is 15.0 Å². The summed E-state index contributed by atoms with van der Waals surface area (Å²) in [5.41, 5.74) is 4.21. The lowest BCUT2D eigenvalue weighted by Gasteiger charge is -2.21. The van der Waals surface area contributed by atoms with E-state index < -0.39 is 0 Å². The van der Waals surface area contributed by atoms with Crippen LogP contribution in [-0.2, 0) is 5.41 Å². The minimum atomic E-state index is 0.358. The van der Waals surface area contributed by atoms with E-state index >= 15 is 0 Å². The van der Waals surface area contributed by atoms with Crippen LogP contribution in [-0.4, -0.2) is 27.7 Å². The second-order valence-electron chi connectivity index (χ2n) is 5.84. The normalized spacial score (nSPS) is 20.6. The molecule has 0 unspecified atom stereocenters. The molecule has 2 aromatic heterocycles. The van der Waals surface area contributed by atoms with E-state index in [1.165, 1.54) is 35.3 Å². The Balaban J connectivity index is 1.58. The molecule has 2 aromatic rings. The summed E-state index contributed by atoms with van der Waals surface area (Å²) in [6.07, 6.45) is 9.18. The number of nitrogens with one attached hydrogen (secondary N) is 1. The van der Waals surface area contributed by atoms with Gasteiger partial charge in [0.15, 0.2) is 5.13 Å². The van der Waals surface area contributed by atoms with E-state index in [1.54, 1.807) is 23.7 Å². The van der Waals surface area contributed by atoms with Gasteiger partial charge in [-0.2, -0.15) is 0 Å². The lowest BCUT2D eigenvalue weighted by atomic mass is 9.85. The molecule has 3 aliphatic rings. The molecular formula is C15H13N5S. The topological polar surface area (TPSA) is 63.1 Å². The molecule has 0 aromatic carbocycles. The average molecular weight is 295 g/mol. The smallest absolute Gasteiger partial charge is 0.228 e. The number of hydrogen-bond acceptors (Lipinski definition) is 6. The Bertz CT molecular complexity index is 786. The molecule has 21 heavy (non-hydrogen) atoms. The minimum absolute atomic E-state index is 0.358. The molecule has 0 bridgehead atoms. The largest absolute Gasteiger partial charge is 0.300 e. The molecule has 1 spiro atoms. The van der Waals surface area contributed by atoms with Crippen LogP contribution in [0.25, 0.3) is 5.57 Å². The Morgan fingerprint density at radius 2 is 2.05 bits per heavy atom. The van der Waals surface area contributed by atoms with Gasteiger partial charge in [-0.15, -0.1) is 11.3 Å². The second kappa shape index (κ2) is 3.98. The van der Waals surface area contributed by atoms with E-state index in [4.69, 9.17) is 4.98 Å². The van der Waals surface area contributed by atoms with Crippen molar-refractivity contribution in [3.8, 4) is 0 Å². The van der Waals surface area contributed by atoms with Crippen molar-refractivity contribution in [2.24, 2.45) is 4.99 Å². The fraction of sp³-hybridized carbons (Fsp3) is 0.333. The van der Waals surface area contributed by atoms with E-state index in [0.717, 1.165) is 17.4 Å². The van der Waals surface area contributed by atoms with Crippen LogP contribution in [0, 0.1) is 0 Å². The summed E-state index contributed by atoms with van der Waals surface area (Å²) in [6, 6.07) is 1.81. The maximum absolute atomic E-state index is 4.80.